The van der Waals surface area contributed by atoms with Crippen LogP contribution in [0.1, 0.15) is 20.8 Å². The molecule has 0 spiro atoms. The number of carbonyl (C=O) groups is 2. The molecule has 0 saturated carbocycles. The number of rotatable bonds is 2. The molecule has 2 amide bonds. The molecule has 0 aliphatic carbocycles. The number of carbonyl (C=O) groups excluding carboxylic acids is 2. The van der Waals surface area contributed by atoms with E-state index in [1.165, 1.54) is 16.0 Å². The summed E-state index contributed by atoms with van der Waals surface area (Å²) < 4.78 is 0. The van der Waals surface area contributed by atoms with Gasteiger partial charge in [0.15, 0.2) is 0 Å². The maximum Gasteiger partial charge on any atom is 0.272 e. The Labute approximate surface area is 94.7 Å². The Kier molecular flexibility index (Phi) is 3.60. The highest BCUT2D eigenvalue weighted by Crippen LogP contribution is 2.09. The lowest BCUT2D eigenvalue weighted by atomic mass is 10.1. The van der Waals surface area contributed by atoms with Crippen molar-refractivity contribution in [2.24, 2.45) is 0 Å². The van der Waals surface area contributed by atoms with Gasteiger partial charge in [-0.1, -0.05) is 0 Å². The number of hydrogen-bond donors (Lipinski definition) is 0. The van der Waals surface area contributed by atoms with Crippen LogP contribution in [0.5, 0.6) is 0 Å². The van der Waals surface area contributed by atoms with Crippen LogP contribution in [0.3, 0.4) is 0 Å². The molecule has 86 valence electrons. The Morgan fingerprint density at radius 2 is 1.62 bits per heavy atom. The molecule has 0 N–H and O–H groups in total. The van der Waals surface area contributed by atoms with Crippen LogP contribution in [-0.2, 0) is 0 Å². The molecule has 1 rings (SSSR count). The average molecular weight is 221 g/mol. The van der Waals surface area contributed by atoms with Crippen molar-refractivity contribution in [2.75, 3.05) is 28.2 Å². The fourth-order valence-electron chi connectivity index (χ4n) is 1.20. The molecule has 0 unspecified atom stereocenters. The van der Waals surface area contributed by atoms with Crippen molar-refractivity contribution >= 4 is 11.8 Å². The van der Waals surface area contributed by atoms with E-state index in [1.807, 2.05) is 0 Å². The molecule has 16 heavy (non-hydrogen) atoms. The molecular formula is C11H15N3O2. The quantitative estimate of drug-likeness (QED) is 0.730. The standard InChI is InChI=1S/C11H15N3O2/c1-13(2)10(15)8-6-5-7-12-9(8)11(16)14(3)4/h5-7H,1-4H3. The summed E-state index contributed by atoms with van der Waals surface area (Å²) in [5.74, 6) is -0.496. The smallest absolute Gasteiger partial charge is 0.272 e. The summed E-state index contributed by atoms with van der Waals surface area (Å²) in [7, 11) is 6.53. The van der Waals surface area contributed by atoms with E-state index < -0.39 is 0 Å². The van der Waals surface area contributed by atoms with Crippen molar-refractivity contribution in [1.29, 1.82) is 0 Å². The summed E-state index contributed by atoms with van der Waals surface area (Å²) in [4.78, 5) is 30.4. The number of pyridine rings is 1. The van der Waals surface area contributed by atoms with E-state index in [2.05, 4.69) is 4.98 Å². The third-order valence-electron chi connectivity index (χ3n) is 2.05. The van der Waals surface area contributed by atoms with Crippen LogP contribution in [0.4, 0.5) is 0 Å². The van der Waals surface area contributed by atoms with Crippen molar-refractivity contribution in [3.05, 3.63) is 29.6 Å². The van der Waals surface area contributed by atoms with Crippen molar-refractivity contribution in [3.63, 3.8) is 0 Å². The maximum absolute atomic E-state index is 11.8. The van der Waals surface area contributed by atoms with Gasteiger partial charge < -0.3 is 9.80 Å². The van der Waals surface area contributed by atoms with Gasteiger partial charge in [-0.25, -0.2) is 0 Å². The normalized spacial score (nSPS) is 9.75. The van der Waals surface area contributed by atoms with Gasteiger partial charge in [0.25, 0.3) is 11.8 Å². The maximum atomic E-state index is 11.8. The molecule has 5 heteroatoms. The lowest BCUT2D eigenvalue weighted by molar-refractivity contribution is 0.0785. The largest absolute Gasteiger partial charge is 0.345 e. The molecule has 0 radical (unpaired) electrons. The number of nitrogens with zero attached hydrogens (tertiary/aromatic N) is 3. The third kappa shape index (κ3) is 2.36. The Bertz CT molecular complexity index is 374. The first kappa shape index (κ1) is 12.2. The second-order valence-corrected chi connectivity index (χ2v) is 3.80. The molecule has 0 atom stereocenters. The summed E-state index contributed by atoms with van der Waals surface area (Å²) in [5.41, 5.74) is 0.511. The number of hydrogen-bond acceptors (Lipinski definition) is 3. The number of amides is 2. The van der Waals surface area contributed by atoms with Gasteiger partial charge >= 0.3 is 0 Å². The molecule has 5 nitrogen and oxygen atoms in total. The molecule has 0 bridgehead atoms. The predicted molar refractivity (Wildman–Crippen MR) is 60.3 cm³/mol. The van der Waals surface area contributed by atoms with Gasteiger partial charge in [-0.15, -0.1) is 0 Å². The van der Waals surface area contributed by atoms with Gasteiger partial charge in [-0.05, 0) is 12.1 Å². The van der Waals surface area contributed by atoms with Crippen LogP contribution < -0.4 is 0 Å². The van der Waals surface area contributed by atoms with Crippen molar-refractivity contribution in [3.8, 4) is 0 Å². The van der Waals surface area contributed by atoms with E-state index in [9.17, 15) is 9.59 Å². The molecule has 0 aliphatic heterocycles. The second-order valence-electron chi connectivity index (χ2n) is 3.80. The Balaban J connectivity index is 3.20. The minimum atomic E-state index is -0.272. The molecule has 0 saturated heterocycles. The van der Waals surface area contributed by atoms with Crippen molar-refractivity contribution < 1.29 is 9.59 Å². The van der Waals surface area contributed by atoms with Gasteiger partial charge in [0.2, 0.25) is 0 Å². The monoisotopic (exact) mass is 221 g/mol. The predicted octanol–water partition coefficient (Wildman–Crippen LogP) is 0.485. The van der Waals surface area contributed by atoms with E-state index in [1.54, 1.807) is 40.3 Å². The zero-order valence-corrected chi connectivity index (χ0v) is 9.89. The molecular weight excluding hydrogens is 206 g/mol. The van der Waals surface area contributed by atoms with E-state index in [-0.39, 0.29) is 17.5 Å². The minimum Gasteiger partial charge on any atom is -0.345 e. The zero-order valence-electron chi connectivity index (χ0n) is 9.89. The molecule has 1 heterocycles. The lowest BCUT2D eigenvalue weighted by Gasteiger charge is -2.15. The first-order valence-electron chi connectivity index (χ1n) is 4.83. The summed E-state index contributed by atoms with van der Waals surface area (Å²) in [5, 5.41) is 0. The van der Waals surface area contributed by atoms with Crippen LogP contribution in [0, 0.1) is 0 Å². The zero-order chi connectivity index (χ0) is 12.3. The summed E-state index contributed by atoms with van der Waals surface area (Å²) in [6.45, 7) is 0. The lowest BCUT2D eigenvalue weighted by Crippen LogP contribution is -2.29. The Morgan fingerprint density at radius 1 is 1.06 bits per heavy atom. The fourth-order valence-corrected chi connectivity index (χ4v) is 1.20. The molecule has 0 fully saturated rings. The van der Waals surface area contributed by atoms with Gasteiger partial charge in [-0.2, -0.15) is 0 Å². The second kappa shape index (κ2) is 4.74. The van der Waals surface area contributed by atoms with E-state index in [0.717, 1.165) is 0 Å². The molecule has 0 aromatic carbocycles. The highest BCUT2D eigenvalue weighted by Gasteiger charge is 2.20. The van der Waals surface area contributed by atoms with E-state index >= 15 is 0 Å². The first-order valence-corrected chi connectivity index (χ1v) is 4.83. The van der Waals surface area contributed by atoms with Crippen LogP contribution in [0.25, 0.3) is 0 Å². The van der Waals surface area contributed by atoms with Crippen LogP contribution in [0.15, 0.2) is 18.3 Å². The molecule has 1 aromatic rings. The summed E-state index contributed by atoms with van der Waals surface area (Å²) >= 11 is 0. The topological polar surface area (TPSA) is 53.5 Å². The minimum absolute atomic E-state index is 0.186. The van der Waals surface area contributed by atoms with Crippen molar-refractivity contribution in [1.82, 2.24) is 14.8 Å². The SMILES string of the molecule is CN(C)C(=O)c1cccnc1C(=O)N(C)C. The summed E-state index contributed by atoms with van der Waals surface area (Å²) in [6.07, 6.45) is 1.50. The van der Waals surface area contributed by atoms with Crippen LogP contribution >= 0.6 is 0 Å². The third-order valence-corrected chi connectivity index (χ3v) is 2.05. The van der Waals surface area contributed by atoms with E-state index in [4.69, 9.17) is 0 Å². The van der Waals surface area contributed by atoms with Gasteiger partial charge in [0.1, 0.15) is 5.69 Å². The number of aromatic nitrogens is 1. The molecule has 1 aromatic heterocycles. The highest BCUT2D eigenvalue weighted by atomic mass is 16.2. The fraction of sp³-hybridized carbons (Fsp3) is 0.364. The summed E-state index contributed by atoms with van der Waals surface area (Å²) in [6, 6.07) is 3.25. The van der Waals surface area contributed by atoms with Gasteiger partial charge in [0.05, 0.1) is 5.56 Å². The van der Waals surface area contributed by atoms with Gasteiger partial charge in [0, 0.05) is 34.4 Å². The average Bonchev–Trinajstić information content (AvgIpc) is 2.26. The Morgan fingerprint density at radius 3 is 2.12 bits per heavy atom. The first-order chi connectivity index (χ1) is 7.45. The molecule has 0 aliphatic rings. The van der Waals surface area contributed by atoms with Crippen molar-refractivity contribution in [2.45, 2.75) is 0 Å². The highest BCUT2D eigenvalue weighted by molar-refractivity contribution is 6.05. The van der Waals surface area contributed by atoms with Crippen LogP contribution in [0.2, 0.25) is 0 Å². The van der Waals surface area contributed by atoms with E-state index in [0.29, 0.717) is 5.56 Å². The van der Waals surface area contributed by atoms with Crippen LogP contribution in [-0.4, -0.2) is 54.8 Å². The Hall–Kier alpha value is -1.91. The van der Waals surface area contributed by atoms with Gasteiger partial charge in [-0.3, -0.25) is 14.6 Å².